The molecular weight excluding hydrogens is 290 g/mol. The number of fused-ring (bicyclic) bond motifs is 1. The third-order valence-electron chi connectivity index (χ3n) is 3.90. The van der Waals surface area contributed by atoms with Crippen molar-refractivity contribution in [2.24, 2.45) is 0 Å². The third-order valence-corrected chi connectivity index (χ3v) is 3.90. The number of nitrogens with zero attached hydrogens (tertiary/aromatic N) is 1. The number of anilines is 2. The summed E-state index contributed by atoms with van der Waals surface area (Å²) in [4.78, 5) is 26.3. The maximum absolute atomic E-state index is 12.6. The molecule has 2 aromatic carbocycles. The van der Waals surface area contributed by atoms with Crippen molar-refractivity contribution < 1.29 is 9.59 Å². The van der Waals surface area contributed by atoms with Gasteiger partial charge in [-0.25, -0.2) is 4.79 Å². The third kappa shape index (κ3) is 3.34. The molecule has 23 heavy (non-hydrogen) atoms. The predicted octanol–water partition coefficient (Wildman–Crippen LogP) is 2.79. The van der Waals surface area contributed by atoms with Gasteiger partial charge in [-0.3, -0.25) is 4.79 Å². The van der Waals surface area contributed by atoms with Gasteiger partial charge in [0, 0.05) is 17.9 Å². The Hall–Kier alpha value is -2.82. The molecule has 0 fully saturated rings. The van der Waals surface area contributed by atoms with E-state index in [9.17, 15) is 9.59 Å². The van der Waals surface area contributed by atoms with Gasteiger partial charge in [0.05, 0.1) is 0 Å². The lowest BCUT2D eigenvalue weighted by Crippen LogP contribution is -2.47. The SMILES string of the molecule is C[C@H](NC(=O)Nc1ccccc1)C(=O)N1CCc2ccccc21. The Balaban J connectivity index is 1.61. The van der Waals surface area contributed by atoms with Gasteiger partial charge in [-0.2, -0.15) is 0 Å². The number of hydrogen-bond acceptors (Lipinski definition) is 2. The fraction of sp³-hybridized carbons (Fsp3) is 0.222. The lowest BCUT2D eigenvalue weighted by atomic mass is 10.2. The molecule has 0 saturated carbocycles. The fourth-order valence-corrected chi connectivity index (χ4v) is 2.75. The molecule has 3 amide bonds. The summed E-state index contributed by atoms with van der Waals surface area (Å²) < 4.78 is 0. The van der Waals surface area contributed by atoms with Crippen molar-refractivity contribution >= 4 is 23.3 Å². The van der Waals surface area contributed by atoms with E-state index in [4.69, 9.17) is 0 Å². The second-order valence-corrected chi connectivity index (χ2v) is 5.55. The summed E-state index contributed by atoms with van der Waals surface area (Å²) in [6, 6.07) is 16.0. The Bertz CT molecular complexity index is 715. The largest absolute Gasteiger partial charge is 0.326 e. The zero-order valence-corrected chi connectivity index (χ0v) is 13.0. The van der Waals surface area contributed by atoms with Gasteiger partial charge in [0.2, 0.25) is 5.91 Å². The Morgan fingerprint density at radius 2 is 1.74 bits per heavy atom. The number of hydrogen-bond donors (Lipinski definition) is 2. The first-order valence-corrected chi connectivity index (χ1v) is 7.67. The Kier molecular flexibility index (Phi) is 4.28. The number of urea groups is 1. The molecular formula is C18H19N3O2. The van der Waals surface area contributed by atoms with Gasteiger partial charge in [0.15, 0.2) is 0 Å². The van der Waals surface area contributed by atoms with Gasteiger partial charge in [-0.15, -0.1) is 0 Å². The van der Waals surface area contributed by atoms with E-state index < -0.39 is 6.04 Å². The molecule has 1 atom stereocenters. The highest BCUT2D eigenvalue weighted by Crippen LogP contribution is 2.27. The molecule has 1 aliphatic rings. The smallest absolute Gasteiger partial charge is 0.319 e. The quantitative estimate of drug-likeness (QED) is 0.916. The van der Waals surface area contributed by atoms with Crippen LogP contribution in [0.3, 0.4) is 0 Å². The van der Waals surface area contributed by atoms with E-state index in [0.717, 1.165) is 12.1 Å². The number of rotatable bonds is 3. The summed E-state index contributed by atoms with van der Waals surface area (Å²) in [5.41, 5.74) is 2.80. The molecule has 0 radical (unpaired) electrons. The number of benzene rings is 2. The summed E-state index contributed by atoms with van der Waals surface area (Å²) in [6.07, 6.45) is 0.852. The van der Waals surface area contributed by atoms with E-state index in [1.165, 1.54) is 5.56 Å². The van der Waals surface area contributed by atoms with E-state index >= 15 is 0 Å². The molecule has 1 aliphatic heterocycles. The average Bonchev–Trinajstić information content (AvgIpc) is 2.99. The summed E-state index contributed by atoms with van der Waals surface area (Å²) in [5, 5.41) is 5.41. The first kappa shape index (κ1) is 15.1. The molecule has 5 nitrogen and oxygen atoms in total. The molecule has 5 heteroatoms. The van der Waals surface area contributed by atoms with Crippen molar-refractivity contribution in [1.82, 2.24) is 5.32 Å². The van der Waals surface area contributed by atoms with Crippen molar-refractivity contribution in [1.29, 1.82) is 0 Å². The van der Waals surface area contributed by atoms with Crippen LogP contribution in [0.25, 0.3) is 0 Å². The molecule has 0 aromatic heterocycles. The van der Waals surface area contributed by atoms with E-state index in [2.05, 4.69) is 10.6 Å². The van der Waals surface area contributed by atoms with Gasteiger partial charge in [0.25, 0.3) is 0 Å². The van der Waals surface area contributed by atoms with Crippen molar-refractivity contribution in [3.05, 3.63) is 60.2 Å². The predicted molar refractivity (Wildman–Crippen MR) is 90.6 cm³/mol. The molecule has 0 spiro atoms. The first-order chi connectivity index (χ1) is 11.1. The zero-order valence-electron chi connectivity index (χ0n) is 13.0. The molecule has 0 aliphatic carbocycles. The lowest BCUT2D eigenvalue weighted by Gasteiger charge is -2.22. The van der Waals surface area contributed by atoms with Crippen LogP contribution in [0, 0.1) is 0 Å². The van der Waals surface area contributed by atoms with Gasteiger partial charge in [0.1, 0.15) is 6.04 Å². The van der Waals surface area contributed by atoms with Gasteiger partial charge < -0.3 is 15.5 Å². The van der Waals surface area contributed by atoms with Crippen LogP contribution in [0.2, 0.25) is 0 Å². The minimum Gasteiger partial charge on any atom is -0.326 e. The molecule has 2 aromatic rings. The van der Waals surface area contributed by atoms with Crippen LogP contribution in [0.5, 0.6) is 0 Å². The summed E-state index contributed by atoms with van der Waals surface area (Å²) >= 11 is 0. The normalized spacial score (nSPS) is 14.0. The topological polar surface area (TPSA) is 61.4 Å². The number of para-hydroxylation sites is 2. The highest BCUT2D eigenvalue weighted by Gasteiger charge is 2.28. The van der Waals surface area contributed by atoms with Crippen molar-refractivity contribution in [2.75, 3.05) is 16.8 Å². The lowest BCUT2D eigenvalue weighted by molar-refractivity contribution is -0.119. The first-order valence-electron chi connectivity index (χ1n) is 7.67. The Labute approximate surface area is 135 Å². The summed E-state index contributed by atoms with van der Waals surface area (Å²) in [7, 11) is 0. The maximum Gasteiger partial charge on any atom is 0.319 e. The Morgan fingerprint density at radius 3 is 2.52 bits per heavy atom. The monoisotopic (exact) mass is 309 g/mol. The zero-order chi connectivity index (χ0) is 16.2. The molecule has 0 unspecified atom stereocenters. The van der Waals surface area contributed by atoms with Crippen LogP contribution >= 0.6 is 0 Å². The molecule has 2 N–H and O–H groups in total. The summed E-state index contributed by atoms with van der Waals surface area (Å²) in [5.74, 6) is -0.0989. The highest BCUT2D eigenvalue weighted by atomic mass is 16.2. The fourth-order valence-electron chi connectivity index (χ4n) is 2.75. The average molecular weight is 309 g/mol. The van der Waals surface area contributed by atoms with Gasteiger partial charge >= 0.3 is 6.03 Å². The van der Waals surface area contributed by atoms with Crippen molar-refractivity contribution in [3.63, 3.8) is 0 Å². The number of carbonyl (C=O) groups excluding carboxylic acids is 2. The molecule has 3 rings (SSSR count). The number of carbonyl (C=O) groups is 2. The van der Waals surface area contributed by atoms with Gasteiger partial charge in [-0.1, -0.05) is 36.4 Å². The Morgan fingerprint density at radius 1 is 1.04 bits per heavy atom. The minimum absolute atomic E-state index is 0.0989. The van der Waals surface area contributed by atoms with Crippen molar-refractivity contribution in [3.8, 4) is 0 Å². The molecule has 1 heterocycles. The molecule has 0 saturated heterocycles. The standard InChI is InChI=1S/C18H19N3O2/c1-13(19-18(23)20-15-8-3-2-4-9-15)17(22)21-12-11-14-7-5-6-10-16(14)21/h2-10,13H,11-12H2,1H3,(H2,19,20,23)/t13-/m0/s1. The van der Waals surface area contributed by atoms with Crippen LogP contribution in [-0.2, 0) is 11.2 Å². The van der Waals surface area contributed by atoms with Crippen LogP contribution in [0.1, 0.15) is 12.5 Å². The maximum atomic E-state index is 12.6. The van der Waals surface area contributed by atoms with E-state index in [1.807, 2.05) is 42.5 Å². The van der Waals surface area contributed by atoms with Crippen molar-refractivity contribution in [2.45, 2.75) is 19.4 Å². The molecule has 0 bridgehead atoms. The van der Waals surface area contributed by atoms with Crippen LogP contribution in [0.15, 0.2) is 54.6 Å². The number of nitrogens with one attached hydrogen (secondary N) is 2. The minimum atomic E-state index is -0.593. The van der Waals surface area contributed by atoms with E-state index in [-0.39, 0.29) is 11.9 Å². The van der Waals surface area contributed by atoms with Crippen LogP contribution in [-0.4, -0.2) is 24.5 Å². The molecule has 118 valence electrons. The van der Waals surface area contributed by atoms with E-state index in [1.54, 1.807) is 24.0 Å². The van der Waals surface area contributed by atoms with Crippen LogP contribution in [0.4, 0.5) is 16.2 Å². The second kappa shape index (κ2) is 6.52. The van der Waals surface area contributed by atoms with Gasteiger partial charge in [-0.05, 0) is 37.1 Å². The van der Waals surface area contributed by atoms with Crippen LogP contribution < -0.4 is 15.5 Å². The summed E-state index contributed by atoms with van der Waals surface area (Å²) in [6.45, 7) is 2.36. The second-order valence-electron chi connectivity index (χ2n) is 5.55. The number of amides is 3. The highest BCUT2D eigenvalue weighted by molar-refractivity contribution is 6.01. The van der Waals surface area contributed by atoms with E-state index in [0.29, 0.717) is 12.2 Å².